The molecule has 0 saturated heterocycles. The van der Waals surface area contributed by atoms with Crippen molar-refractivity contribution in [2.75, 3.05) is 36.9 Å². The molecule has 2 aromatic heterocycles. The third kappa shape index (κ3) is 7.25. The highest BCUT2D eigenvalue weighted by atomic mass is 19.1. The van der Waals surface area contributed by atoms with E-state index in [9.17, 15) is 9.18 Å². The molecular weight excluding hydrogens is 473 g/mol. The minimum Gasteiger partial charge on any atom is -0.493 e. The van der Waals surface area contributed by atoms with E-state index in [1.807, 2.05) is 18.2 Å². The minimum atomic E-state index is -0.416. The van der Waals surface area contributed by atoms with E-state index in [0.29, 0.717) is 36.2 Å². The Hall–Kier alpha value is -4.49. The van der Waals surface area contributed by atoms with E-state index in [-0.39, 0.29) is 12.3 Å². The number of halogens is 1. The topological polar surface area (TPSA) is 108 Å². The Labute approximate surface area is 214 Å². The summed E-state index contributed by atoms with van der Waals surface area (Å²) in [4.78, 5) is 23.2. The van der Waals surface area contributed by atoms with Crippen molar-refractivity contribution in [3.8, 4) is 18.1 Å². The molecule has 0 aliphatic heterocycles. The van der Waals surface area contributed by atoms with Crippen LogP contribution in [0, 0.1) is 18.2 Å². The predicted octanol–water partition coefficient (Wildman–Crippen LogP) is 4.14. The molecule has 0 aliphatic carbocycles. The van der Waals surface area contributed by atoms with Crippen molar-refractivity contribution in [2.45, 2.75) is 19.8 Å². The first-order chi connectivity index (χ1) is 18.0. The molecule has 0 bridgehead atoms. The number of hydrogen-bond acceptors (Lipinski definition) is 7. The second-order valence-electron chi connectivity index (χ2n) is 8.31. The van der Waals surface area contributed by atoms with E-state index in [1.165, 1.54) is 24.5 Å². The lowest BCUT2D eigenvalue weighted by atomic mass is 10.2. The van der Waals surface area contributed by atoms with Crippen LogP contribution >= 0.6 is 0 Å². The van der Waals surface area contributed by atoms with Gasteiger partial charge in [0.2, 0.25) is 5.91 Å². The SMILES string of the molecule is C#CCN(CC)CCCOc1ccc2c(Nc3cc(CC(=O)Nc4cccc(F)c4)[nH]n3)ncnc2c1. The van der Waals surface area contributed by atoms with Crippen LogP contribution < -0.4 is 15.4 Å². The normalized spacial score (nSPS) is 10.9. The first kappa shape index (κ1) is 25.6. The molecule has 3 N–H and O–H groups in total. The minimum absolute atomic E-state index is 0.0508. The maximum absolute atomic E-state index is 13.3. The van der Waals surface area contributed by atoms with E-state index in [4.69, 9.17) is 11.2 Å². The molecule has 4 rings (SSSR count). The number of amides is 1. The Bertz CT molecular complexity index is 1400. The first-order valence-electron chi connectivity index (χ1n) is 11.9. The summed E-state index contributed by atoms with van der Waals surface area (Å²) in [6, 6.07) is 13.1. The number of aromatic nitrogens is 4. The van der Waals surface area contributed by atoms with Gasteiger partial charge < -0.3 is 15.4 Å². The van der Waals surface area contributed by atoms with Crippen LogP contribution in [0.1, 0.15) is 19.0 Å². The average Bonchev–Trinajstić information content (AvgIpc) is 3.32. The van der Waals surface area contributed by atoms with Gasteiger partial charge in [0.05, 0.1) is 25.1 Å². The van der Waals surface area contributed by atoms with Gasteiger partial charge in [-0.3, -0.25) is 14.8 Å². The molecule has 1 amide bonds. The Morgan fingerprint density at radius 2 is 2.11 bits per heavy atom. The number of benzene rings is 2. The summed E-state index contributed by atoms with van der Waals surface area (Å²) < 4.78 is 19.2. The Balaban J connectivity index is 1.34. The third-order valence-corrected chi connectivity index (χ3v) is 5.59. The zero-order chi connectivity index (χ0) is 26.0. The summed E-state index contributed by atoms with van der Waals surface area (Å²) in [6.45, 7) is 5.09. The molecule has 0 spiro atoms. The van der Waals surface area contributed by atoms with Crippen molar-refractivity contribution in [1.82, 2.24) is 25.1 Å². The van der Waals surface area contributed by atoms with Crippen molar-refractivity contribution < 1.29 is 13.9 Å². The lowest BCUT2D eigenvalue weighted by molar-refractivity contribution is -0.115. The number of nitrogens with zero attached hydrogens (tertiary/aromatic N) is 4. The number of carbonyl (C=O) groups excluding carboxylic acids is 1. The van der Waals surface area contributed by atoms with Crippen molar-refractivity contribution in [3.63, 3.8) is 0 Å². The van der Waals surface area contributed by atoms with Crippen molar-refractivity contribution >= 4 is 34.1 Å². The molecule has 10 heteroatoms. The number of H-pyrrole nitrogens is 1. The molecule has 0 atom stereocenters. The van der Waals surface area contributed by atoms with E-state index in [0.717, 1.165) is 36.2 Å². The number of fused-ring (bicyclic) bond motifs is 1. The summed E-state index contributed by atoms with van der Waals surface area (Å²) in [5.41, 5.74) is 1.71. The summed E-state index contributed by atoms with van der Waals surface area (Å²) >= 11 is 0. The van der Waals surface area contributed by atoms with Crippen molar-refractivity contribution in [2.24, 2.45) is 0 Å². The summed E-state index contributed by atoms with van der Waals surface area (Å²) in [5.74, 6) is 3.76. The monoisotopic (exact) mass is 501 g/mol. The van der Waals surface area contributed by atoms with E-state index >= 15 is 0 Å². The number of carbonyl (C=O) groups is 1. The van der Waals surface area contributed by atoms with Gasteiger partial charge in [-0.05, 0) is 43.3 Å². The maximum atomic E-state index is 13.3. The van der Waals surface area contributed by atoms with Gasteiger partial charge in [0, 0.05) is 35.4 Å². The molecule has 0 saturated carbocycles. The fourth-order valence-corrected chi connectivity index (χ4v) is 3.76. The van der Waals surface area contributed by atoms with E-state index in [2.05, 4.69) is 48.5 Å². The first-order valence-corrected chi connectivity index (χ1v) is 11.9. The largest absolute Gasteiger partial charge is 0.493 e. The van der Waals surface area contributed by atoms with Crippen LogP contribution in [-0.2, 0) is 11.2 Å². The predicted molar refractivity (Wildman–Crippen MR) is 141 cm³/mol. The summed E-state index contributed by atoms with van der Waals surface area (Å²) in [7, 11) is 0. The van der Waals surface area contributed by atoms with Gasteiger partial charge in [-0.25, -0.2) is 14.4 Å². The fourth-order valence-electron chi connectivity index (χ4n) is 3.76. The van der Waals surface area contributed by atoms with Crippen LogP contribution in [0.25, 0.3) is 10.9 Å². The fraction of sp³-hybridized carbons (Fsp3) is 0.259. The van der Waals surface area contributed by atoms with Gasteiger partial charge in [-0.15, -0.1) is 6.42 Å². The van der Waals surface area contributed by atoms with Crippen LogP contribution in [0.2, 0.25) is 0 Å². The molecule has 9 nitrogen and oxygen atoms in total. The summed E-state index contributed by atoms with van der Waals surface area (Å²) in [5, 5.41) is 13.7. The number of nitrogens with one attached hydrogen (secondary N) is 3. The highest BCUT2D eigenvalue weighted by Gasteiger charge is 2.11. The highest BCUT2D eigenvalue weighted by Crippen LogP contribution is 2.26. The van der Waals surface area contributed by atoms with Crippen LogP contribution in [-0.4, -0.2) is 57.2 Å². The summed E-state index contributed by atoms with van der Waals surface area (Å²) in [6.07, 6.45) is 7.78. The van der Waals surface area contributed by atoms with Gasteiger partial charge in [-0.1, -0.05) is 18.9 Å². The maximum Gasteiger partial charge on any atom is 0.230 e. The molecule has 0 unspecified atom stereocenters. The van der Waals surface area contributed by atoms with E-state index in [1.54, 1.807) is 12.1 Å². The van der Waals surface area contributed by atoms with Crippen LogP contribution in [0.5, 0.6) is 5.75 Å². The third-order valence-electron chi connectivity index (χ3n) is 5.59. The van der Waals surface area contributed by atoms with Crippen LogP contribution in [0.15, 0.2) is 54.9 Å². The number of terminal acetylenes is 1. The Morgan fingerprint density at radius 1 is 1.22 bits per heavy atom. The highest BCUT2D eigenvalue weighted by molar-refractivity contribution is 5.93. The number of anilines is 3. The average molecular weight is 502 g/mol. The zero-order valence-electron chi connectivity index (χ0n) is 20.5. The van der Waals surface area contributed by atoms with Gasteiger partial charge in [0.25, 0.3) is 0 Å². The van der Waals surface area contributed by atoms with Crippen molar-refractivity contribution in [1.29, 1.82) is 0 Å². The Morgan fingerprint density at radius 3 is 2.92 bits per heavy atom. The van der Waals surface area contributed by atoms with Gasteiger partial charge in [-0.2, -0.15) is 5.10 Å². The molecule has 2 heterocycles. The standard InChI is InChI=1S/C27H28FN7O2/c1-3-11-35(4-2)12-6-13-37-22-9-10-23-24(17-22)29-18-30-27(23)32-25-15-21(33-34-25)16-26(36)31-20-8-5-7-19(28)14-20/h1,5,7-10,14-15,17-18H,4,6,11-13,16H2,2H3,(H,31,36)(H2,29,30,32,33,34). The molecule has 4 aromatic rings. The molecule has 0 aliphatic rings. The lowest BCUT2D eigenvalue weighted by Crippen LogP contribution is -2.25. The second-order valence-corrected chi connectivity index (χ2v) is 8.31. The van der Waals surface area contributed by atoms with Crippen LogP contribution in [0.4, 0.5) is 21.7 Å². The zero-order valence-corrected chi connectivity index (χ0v) is 20.5. The molecular formula is C27H28FN7O2. The number of hydrogen-bond donors (Lipinski definition) is 3. The van der Waals surface area contributed by atoms with E-state index < -0.39 is 5.82 Å². The molecule has 0 fully saturated rings. The quantitative estimate of drug-likeness (QED) is 0.198. The number of aromatic amines is 1. The van der Waals surface area contributed by atoms with Gasteiger partial charge in [0.15, 0.2) is 5.82 Å². The Kier molecular flexibility index (Phi) is 8.62. The molecule has 37 heavy (non-hydrogen) atoms. The van der Waals surface area contributed by atoms with Gasteiger partial charge in [0.1, 0.15) is 23.7 Å². The lowest BCUT2D eigenvalue weighted by Gasteiger charge is -2.17. The smallest absolute Gasteiger partial charge is 0.230 e. The van der Waals surface area contributed by atoms with Gasteiger partial charge >= 0.3 is 0 Å². The number of ether oxygens (including phenoxy) is 1. The second kappa shape index (κ2) is 12.5. The number of rotatable bonds is 12. The molecule has 0 radical (unpaired) electrons. The molecule has 190 valence electrons. The molecule has 2 aromatic carbocycles. The van der Waals surface area contributed by atoms with Crippen LogP contribution in [0.3, 0.4) is 0 Å². The van der Waals surface area contributed by atoms with Crippen molar-refractivity contribution in [3.05, 3.63) is 66.4 Å².